The molecule has 30 heavy (non-hydrogen) atoms. The number of amides is 1. The summed E-state index contributed by atoms with van der Waals surface area (Å²) in [5.74, 6) is -0.794. The van der Waals surface area contributed by atoms with Gasteiger partial charge < -0.3 is 5.32 Å². The first-order chi connectivity index (χ1) is 14.3. The molecule has 1 saturated heterocycles. The number of sulfone groups is 1. The fraction of sp³-hybridized carbons (Fsp3) is 0.381. The molecule has 0 unspecified atom stereocenters. The number of piperidine rings is 1. The van der Waals surface area contributed by atoms with E-state index in [-0.39, 0.29) is 22.8 Å². The van der Waals surface area contributed by atoms with E-state index in [4.69, 9.17) is 0 Å². The predicted molar refractivity (Wildman–Crippen MR) is 116 cm³/mol. The first kappa shape index (κ1) is 22.5. The van der Waals surface area contributed by atoms with Gasteiger partial charge in [0.25, 0.3) is 0 Å². The second-order valence-electron chi connectivity index (χ2n) is 7.36. The number of carbonyl (C=O) groups excluding carboxylic acids is 1. The molecule has 1 aliphatic heterocycles. The van der Waals surface area contributed by atoms with E-state index >= 15 is 0 Å². The van der Waals surface area contributed by atoms with Crippen LogP contribution < -0.4 is 5.32 Å². The molecule has 0 radical (unpaired) electrons. The Hall–Kier alpha value is -2.23. The van der Waals surface area contributed by atoms with Crippen molar-refractivity contribution in [2.24, 2.45) is 0 Å². The Morgan fingerprint density at radius 3 is 2.13 bits per heavy atom. The van der Waals surface area contributed by atoms with Gasteiger partial charge in [-0.3, -0.25) is 4.79 Å². The number of carbonyl (C=O) groups is 1. The Bertz CT molecular complexity index is 1060. The van der Waals surface area contributed by atoms with Crippen molar-refractivity contribution in [3.05, 3.63) is 60.2 Å². The lowest BCUT2D eigenvalue weighted by Gasteiger charge is -2.25. The minimum absolute atomic E-state index is 0.107. The van der Waals surface area contributed by atoms with Crippen LogP contribution in [0.1, 0.15) is 31.2 Å². The number of anilines is 1. The van der Waals surface area contributed by atoms with Gasteiger partial charge in [-0.15, -0.1) is 0 Å². The van der Waals surface area contributed by atoms with Crippen LogP contribution in [0.5, 0.6) is 0 Å². The third-order valence-electron chi connectivity index (χ3n) is 4.96. The lowest BCUT2D eigenvalue weighted by molar-refractivity contribution is -0.115. The number of rotatable bonds is 8. The van der Waals surface area contributed by atoms with Crippen LogP contribution in [0.25, 0.3) is 0 Å². The summed E-state index contributed by atoms with van der Waals surface area (Å²) in [5.41, 5.74) is 1.11. The maximum absolute atomic E-state index is 12.7. The van der Waals surface area contributed by atoms with Crippen LogP contribution in [0.3, 0.4) is 0 Å². The van der Waals surface area contributed by atoms with Crippen LogP contribution >= 0.6 is 0 Å². The van der Waals surface area contributed by atoms with Crippen LogP contribution in [-0.2, 0) is 30.4 Å². The van der Waals surface area contributed by atoms with E-state index in [1.807, 2.05) is 6.07 Å². The molecule has 1 aliphatic rings. The summed E-state index contributed by atoms with van der Waals surface area (Å²) in [5, 5.41) is 2.62. The highest BCUT2D eigenvalue weighted by Gasteiger charge is 2.25. The highest BCUT2D eigenvalue weighted by Crippen LogP contribution is 2.22. The van der Waals surface area contributed by atoms with Gasteiger partial charge in [0.1, 0.15) is 0 Å². The number of nitrogens with one attached hydrogen (secondary N) is 1. The lowest BCUT2D eigenvalue weighted by atomic mass is 10.2. The highest BCUT2D eigenvalue weighted by molar-refractivity contribution is 7.90. The molecule has 2 aromatic rings. The second kappa shape index (κ2) is 9.72. The monoisotopic (exact) mass is 450 g/mol. The van der Waals surface area contributed by atoms with Crippen molar-refractivity contribution >= 4 is 31.5 Å². The summed E-state index contributed by atoms with van der Waals surface area (Å²) < 4.78 is 51.2. The predicted octanol–water partition coefficient (Wildman–Crippen LogP) is 2.80. The van der Waals surface area contributed by atoms with Crippen molar-refractivity contribution in [2.75, 3.05) is 24.2 Å². The van der Waals surface area contributed by atoms with Gasteiger partial charge in [0.15, 0.2) is 9.84 Å². The molecule has 1 fully saturated rings. The molecular weight excluding hydrogens is 424 g/mol. The van der Waals surface area contributed by atoms with E-state index in [1.54, 1.807) is 24.3 Å². The summed E-state index contributed by atoms with van der Waals surface area (Å²) in [6.45, 7) is 1.05. The molecule has 0 aliphatic carbocycles. The van der Waals surface area contributed by atoms with E-state index in [9.17, 15) is 21.6 Å². The van der Waals surface area contributed by atoms with Gasteiger partial charge in [0, 0.05) is 25.2 Å². The standard InChI is InChI=1S/C21H26N2O5S2/c24-21(13-16-29(25,26)17-18-7-3-1-4-8-18)22-19-9-11-20(12-10-19)30(27,28)23-14-5-2-6-15-23/h1,3-4,7-12H,2,5-6,13-17H2,(H,22,24). The third-order valence-corrected chi connectivity index (χ3v) is 8.47. The zero-order valence-electron chi connectivity index (χ0n) is 16.7. The molecule has 9 heteroatoms. The summed E-state index contributed by atoms with van der Waals surface area (Å²) in [4.78, 5) is 12.3. The maximum Gasteiger partial charge on any atom is 0.243 e. The van der Waals surface area contributed by atoms with Gasteiger partial charge in [0.2, 0.25) is 15.9 Å². The van der Waals surface area contributed by atoms with Gasteiger partial charge >= 0.3 is 0 Å². The van der Waals surface area contributed by atoms with Crippen molar-refractivity contribution in [3.8, 4) is 0 Å². The van der Waals surface area contributed by atoms with Gasteiger partial charge in [-0.1, -0.05) is 36.8 Å². The van der Waals surface area contributed by atoms with Crippen LogP contribution in [0.4, 0.5) is 5.69 Å². The molecule has 1 amide bonds. The fourth-order valence-corrected chi connectivity index (χ4v) is 6.19. The Morgan fingerprint density at radius 1 is 0.867 bits per heavy atom. The van der Waals surface area contributed by atoms with Gasteiger partial charge in [-0.05, 0) is 42.7 Å². The molecule has 0 aromatic heterocycles. The quantitative estimate of drug-likeness (QED) is 0.667. The van der Waals surface area contributed by atoms with Crippen LogP contribution in [0, 0.1) is 0 Å². The van der Waals surface area contributed by atoms with E-state index in [1.165, 1.54) is 28.6 Å². The Labute approximate surface area is 178 Å². The Balaban J connectivity index is 1.54. The number of hydrogen-bond acceptors (Lipinski definition) is 5. The molecular formula is C21H26N2O5S2. The highest BCUT2D eigenvalue weighted by atomic mass is 32.2. The number of nitrogens with zero attached hydrogens (tertiary/aromatic N) is 1. The van der Waals surface area contributed by atoms with E-state index in [0.29, 0.717) is 24.3 Å². The van der Waals surface area contributed by atoms with Crippen molar-refractivity contribution in [3.63, 3.8) is 0 Å². The summed E-state index contributed by atoms with van der Waals surface area (Å²) in [6.07, 6.45) is 2.60. The molecule has 3 rings (SSSR count). The topological polar surface area (TPSA) is 101 Å². The SMILES string of the molecule is O=C(CCS(=O)(=O)Cc1ccccc1)Nc1ccc(S(=O)(=O)N2CCCCC2)cc1. The molecule has 2 aromatic carbocycles. The molecule has 0 atom stereocenters. The molecule has 0 saturated carbocycles. The number of hydrogen-bond donors (Lipinski definition) is 1. The normalized spacial score (nSPS) is 15.6. The molecule has 162 valence electrons. The van der Waals surface area contributed by atoms with Crippen LogP contribution in [0.2, 0.25) is 0 Å². The average Bonchev–Trinajstić information content (AvgIpc) is 2.74. The molecule has 1 N–H and O–H groups in total. The number of sulfonamides is 1. The second-order valence-corrected chi connectivity index (χ2v) is 11.5. The Morgan fingerprint density at radius 2 is 1.50 bits per heavy atom. The largest absolute Gasteiger partial charge is 0.326 e. The minimum atomic E-state index is -3.53. The van der Waals surface area contributed by atoms with Crippen molar-refractivity contribution in [2.45, 2.75) is 36.3 Å². The lowest BCUT2D eigenvalue weighted by Crippen LogP contribution is -2.35. The van der Waals surface area contributed by atoms with Crippen molar-refractivity contribution in [1.82, 2.24) is 4.31 Å². The molecule has 0 bridgehead atoms. The summed E-state index contributed by atoms with van der Waals surface area (Å²) in [6, 6.07) is 14.8. The summed E-state index contributed by atoms with van der Waals surface area (Å²) in [7, 11) is -6.93. The van der Waals surface area contributed by atoms with E-state index < -0.39 is 25.8 Å². The van der Waals surface area contributed by atoms with Gasteiger partial charge in [-0.25, -0.2) is 16.8 Å². The molecule has 7 nitrogen and oxygen atoms in total. The van der Waals surface area contributed by atoms with E-state index in [0.717, 1.165) is 19.3 Å². The average molecular weight is 451 g/mol. The van der Waals surface area contributed by atoms with Crippen molar-refractivity contribution < 1.29 is 21.6 Å². The first-order valence-corrected chi connectivity index (χ1v) is 13.2. The third kappa shape index (κ3) is 6.13. The summed E-state index contributed by atoms with van der Waals surface area (Å²) >= 11 is 0. The number of benzene rings is 2. The van der Waals surface area contributed by atoms with Crippen LogP contribution in [-0.4, -0.2) is 45.9 Å². The van der Waals surface area contributed by atoms with Crippen molar-refractivity contribution in [1.29, 1.82) is 0 Å². The zero-order chi connectivity index (χ0) is 21.6. The smallest absolute Gasteiger partial charge is 0.243 e. The molecule has 0 spiro atoms. The van der Waals surface area contributed by atoms with Gasteiger partial charge in [0.05, 0.1) is 16.4 Å². The minimum Gasteiger partial charge on any atom is -0.326 e. The Kier molecular flexibility index (Phi) is 7.27. The zero-order valence-corrected chi connectivity index (χ0v) is 18.3. The maximum atomic E-state index is 12.7. The molecule has 1 heterocycles. The fourth-order valence-electron chi connectivity index (χ4n) is 3.34. The first-order valence-electron chi connectivity index (χ1n) is 9.91. The van der Waals surface area contributed by atoms with Gasteiger partial charge in [-0.2, -0.15) is 4.31 Å². The van der Waals surface area contributed by atoms with E-state index in [2.05, 4.69) is 5.32 Å². The van der Waals surface area contributed by atoms with Crippen LogP contribution in [0.15, 0.2) is 59.5 Å².